The van der Waals surface area contributed by atoms with Gasteiger partial charge in [0.15, 0.2) is 0 Å². The lowest BCUT2D eigenvalue weighted by molar-refractivity contribution is 0.390. The fourth-order valence-electron chi connectivity index (χ4n) is 1.05. The van der Waals surface area contributed by atoms with Crippen LogP contribution in [-0.4, -0.2) is 19.1 Å². The Bertz CT molecular complexity index is 284. The van der Waals surface area contributed by atoms with Crippen LogP contribution in [0.3, 0.4) is 0 Å². The third-order valence-corrected chi connectivity index (χ3v) is 2.29. The number of methoxy groups -OCH3 is 1. The molecule has 1 rings (SSSR count). The highest BCUT2D eigenvalue weighted by Crippen LogP contribution is 2.21. The third kappa shape index (κ3) is 2.18. The molecule has 3 heteroatoms. The van der Waals surface area contributed by atoms with Crippen LogP contribution in [0.1, 0.15) is 19.4 Å². The predicted octanol–water partition coefficient (Wildman–Crippen LogP) is 1.54. The second-order valence-corrected chi connectivity index (χ2v) is 3.46. The smallest absolute Gasteiger partial charge is 0.213 e. The van der Waals surface area contributed by atoms with E-state index < -0.39 is 0 Å². The SMILES string of the molecule is CNC(C)(C)c1ccnc(OC)c1. The predicted molar refractivity (Wildman–Crippen MR) is 52.9 cm³/mol. The van der Waals surface area contributed by atoms with Gasteiger partial charge in [0.2, 0.25) is 5.88 Å². The number of nitrogens with one attached hydrogen (secondary N) is 1. The lowest BCUT2D eigenvalue weighted by atomic mass is 9.96. The Hall–Kier alpha value is -1.09. The van der Waals surface area contributed by atoms with Gasteiger partial charge in [0.1, 0.15) is 0 Å². The van der Waals surface area contributed by atoms with Gasteiger partial charge < -0.3 is 10.1 Å². The Labute approximate surface area is 79.1 Å². The van der Waals surface area contributed by atoms with E-state index >= 15 is 0 Å². The summed E-state index contributed by atoms with van der Waals surface area (Å²) in [5, 5.41) is 3.23. The van der Waals surface area contributed by atoms with Gasteiger partial charge in [-0.25, -0.2) is 4.98 Å². The molecule has 1 aromatic rings. The molecular weight excluding hydrogens is 164 g/mol. The van der Waals surface area contributed by atoms with Crippen LogP contribution in [0.15, 0.2) is 18.3 Å². The highest BCUT2D eigenvalue weighted by Gasteiger charge is 2.17. The number of aromatic nitrogens is 1. The lowest BCUT2D eigenvalue weighted by Gasteiger charge is -2.24. The van der Waals surface area contributed by atoms with Crippen molar-refractivity contribution in [2.75, 3.05) is 14.2 Å². The summed E-state index contributed by atoms with van der Waals surface area (Å²) in [4.78, 5) is 4.06. The molecule has 0 spiro atoms. The fraction of sp³-hybridized carbons (Fsp3) is 0.500. The minimum atomic E-state index is -0.0454. The summed E-state index contributed by atoms with van der Waals surface area (Å²) in [7, 11) is 3.56. The highest BCUT2D eigenvalue weighted by atomic mass is 16.5. The number of hydrogen-bond acceptors (Lipinski definition) is 3. The second kappa shape index (κ2) is 3.75. The minimum Gasteiger partial charge on any atom is -0.481 e. The van der Waals surface area contributed by atoms with Gasteiger partial charge in [-0.1, -0.05) is 0 Å². The molecule has 3 nitrogen and oxygen atoms in total. The summed E-state index contributed by atoms with van der Waals surface area (Å²) < 4.78 is 5.06. The first-order chi connectivity index (χ1) is 6.10. The third-order valence-electron chi connectivity index (χ3n) is 2.29. The van der Waals surface area contributed by atoms with Crippen LogP contribution in [0.2, 0.25) is 0 Å². The molecule has 13 heavy (non-hydrogen) atoms. The number of nitrogens with zero attached hydrogens (tertiary/aromatic N) is 1. The van der Waals surface area contributed by atoms with E-state index in [1.165, 1.54) is 5.56 Å². The van der Waals surface area contributed by atoms with Gasteiger partial charge >= 0.3 is 0 Å². The zero-order valence-electron chi connectivity index (χ0n) is 8.59. The molecule has 0 aromatic carbocycles. The van der Waals surface area contributed by atoms with Crippen molar-refractivity contribution in [3.63, 3.8) is 0 Å². The molecule has 0 unspecified atom stereocenters. The van der Waals surface area contributed by atoms with Crippen molar-refractivity contribution in [1.82, 2.24) is 10.3 Å². The van der Waals surface area contributed by atoms with Crippen LogP contribution in [0, 0.1) is 0 Å². The van der Waals surface area contributed by atoms with E-state index in [0.717, 1.165) is 0 Å². The fourth-order valence-corrected chi connectivity index (χ4v) is 1.05. The quantitative estimate of drug-likeness (QED) is 0.766. The summed E-state index contributed by atoms with van der Waals surface area (Å²) in [5.74, 6) is 0.654. The van der Waals surface area contributed by atoms with Crippen molar-refractivity contribution in [2.45, 2.75) is 19.4 Å². The summed E-state index contributed by atoms with van der Waals surface area (Å²) in [5.41, 5.74) is 1.12. The summed E-state index contributed by atoms with van der Waals surface area (Å²) >= 11 is 0. The zero-order valence-corrected chi connectivity index (χ0v) is 8.59. The van der Waals surface area contributed by atoms with Crippen molar-refractivity contribution in [3.05, 3.63) is 23.9 Å². The summed E-state index contributed by atoms with van der Waals surface area (Å²) in [6.07, 6.45) is 1.76. The first kappa shape index (κ1) is 9.99. The number of pyridine rings is 1. The normalized spacial score (nSPS) is 11.4. The molecule has 1 aromatic heterocycles. The maximum absolute atomic E-state index is 5.06. The monoisotopic (exact) mass is 180 g/mol. The molecule has 1 N–H and O–H groups in total. The molecule has 0 amide bonds. The van der Waals surface area contributed by atoms with Crippen LogP contribution in [-0.2, 0) is 5.54 Å². The lowest BCUT2D eigenvalue weighted by Crippen LogP contribution is -2.33. The van der Waals surface area contributed by atoms with E-state index in [0.29, 0.717) is 5.88 Å². The van der Waals surface area contributed by atoms with Gasteiger partial charge in [0, 0.05) is 17.8 Å². The Morgan fingerprint density at radius 3 is 2.69 bits per heavy atom. The van der Waals surface area contributed by atoms with Crippen molar-refractivity contribution in [1.29, 1.82) is 0 Å². The Balaban J connectivity index is 3.01. The van der Waals surface area contributed by atoms with Gasteiger partial charge in [-0.3, -0.25) is 0 Å². The molecule has 72 valence electrons. The largest absolute Gasteiger partial charge is 0.481 e. The van der Waals surface area contributed by atoms with Crippen LogP contribution < -0.4 is 10.1 Å². The minimum absolute atomic E-state index is 0.0454. The molecular formula is C10H16N2O. The number of ether oxygens (including phenoxy) is 1. The van der Waals surface area contributed by atoms with Crippen LogP contribution in [0.5, 0.6) is 5.88 Å². The van der Waals surface area contributed by atoms with E-state index in [4.69, 9.17) is 4.74 Å². The molecule has 0 bridgehead atoms. The molecule has 0 aliphatic carbocycles. The van der Waals surface area contributed by atoms with E-state index in [1.807, 2.05) is 19.2 Å². The Kier molecular flexibility index (Phi) is 2.88. The molecule has 0 radical (unpaired) electrons. The van der Waals surface area contributed by atoms with Crippen molar-refractivity contribution >= 4 is 0 Å². The van der Waals surface area contributed by atoms with Gasteiger partial charge in [0.05, 0.1) is 7.11 Å². The van der Waals surface area contributed by atoms with Gasteiger partial charge in [-0.05, 0) is 32.5 Å². The Morgan fingerprint density at radius 1 is 1.46 bits per heavy atom. The van der Waals surface area contributed by atoms with Crippen LogP contribution in [0.4, 0.5) is 0 Å². The van der Waals surface area contributed by atoms with Crippen molar-refractivity contribution in [3.8, 4) is 5.88 Å². The molecule has 0 saturated heterocycles. The first-order valence-electron chi connectivity index (χ1n) is 4.29. The first-order valence-corrected chi connectivity index (χ1v) is 4.29. The molecule has 1 heterocycles. The molecule has 0 aliphatic rings. The van der Waals surface area contributed by atoms with Crippen molar-refractivity contribution < 1.29 is 4.74 Å². The second-order valence-electron chi connectivity index (χ2n) is 3.46. The maximum Gasteiger partial charge on any atom is 0.213 e. The van der Waals surface area contributed by atoms with Crippen LogP contribution >= 0.6 is 0 Å². The van der Waals surface area contributed by atoms with E-state index in [9.17, 15) is 0 Å². The topological polar surface area (TPSA) is 34.2 Å². The number of rotatable bonds is 3. The molecule has 0 fully saturated rings. The standard InChI is InChI=1S/C10H16N2O/c1-10(2,11-3)8-5-6-12-9(7-8)13-4/h5-7,11H,1-4H3. The van der Waals surface area contributed by atoms with Gasteiger partial charge in [0.25, 0.3) is 0 Å². The highest BCUT2D eigenvalue weighted by molar-refractivity contribution is 5.26. The van der Waals surface area contributed by atoms with Gasteiger partial charge in [-0.2, -0.15) is 0 Å². The molecule has 0 atom stereocenters. The summed E-state index contributed by atoms with van der Waals surface area (Å²) in [6.45, 7) is 4.23. The van der Waals surface area contributed by atoms with Gasteiger partial charge in [-0.15, -0.1) is 0 Å². The molecule has 0 saturated carbocycles. The van der Waals surface area contributed by atoms with Crippen LogP contribution in [0.25, 0.3) is 0 Å². The van der Waals surface area contributed by atoms with Crippen molar-refractivity contribution in [2.24, 2.45) is 0 Å². The zero-order chi connectivity index (χ0) is 9.90. The summed E-state index contributed by atoms with van der Waals surface area (Å²) in [6, 6.07) is 3.93. The number of hydrogen-bond donors (Lipinski definition) is 1. The Morgan fingerprint density at radius 2 is 2.15 bits per heavy atom. The van der Waals surface area contributed by atoms with E-state index in [-0.39, 0.29) is 5.54 Å². The average Bonchev–Trinajstić information content (AvgIpc) is 2.18. The molecule has 0 aliphatic heterocycles. The average molecular weight is 180 g/mol. The maximum atomic E-state index is 5.06. The van der Waals surface area contributed by atoms with E-state index in [2.05, 4.69) is 24.1 Å². The van der Waals surface area contributed by atoms with E-state index in [1.54, 1.807) is 13.3 Å².